The Balaban J connectivity index is 1.60. The Bertz CT molecular complexity index is 1440. The van der Waals surface area contributed by atoms with E-state index in [0.29, 0.717) is 48.1 Å². The molecule has 0 bridgehead atoms. The number of hydrogen-bond donors (Lipinski definition) is 2. The third-order valence-electron chi connectivity index (χ3n) is 5.46. The number of aromatic nitrogens is 5. The molecule has 11 nitrogen and oxygen atoms in total. The quantitative estimate of drug-likeness (QED) is 0.173. The minimum Gasteiger partial charge on any atom is -0.444 e. The zero-order valence-corrected chi connectivity index (χ0v) is 24.6. The highest BCUT2D eigenvalue weighted by Crippen LogP contribution is 2.31. The first-order valence-electron chi connectivity index (χ1n) is 12.8. The van der Waals surface area contributed by atoms with Gasteiger partial charge in [-0.25, -0.2) is 4.79 Å². The molecule has 0 aliphatic heterocycles. The molecule has 0 radical (unpaired) electrons. The Morgan fingerprint density at radius 1 is 1.08 bits per heavy atom. The van der Waals surface area contributed by atoms with Gasteiger partial charge in [-0.3, -0.25) is 10.00 Å². The highest BCUT2D eigenvalue weighted by Gasteiger charge is 2.18. The second-order valence-electron chi connectivity index (χ2n) is 11.5. The van der Waals surface area contributed by atoms with Gasteiger partial charge in [0.2, 0.25) is 11.8 Å². The summed E-state index contributed by atoms with van der Waals surface area (Å²) >= 11 is 0. The van der Waals surface area contributed by atoms with Crippen LogP contribution in [0.15, 0.2) is 48.8 Å². The average molecular weight is 552 g/mol. The van der Waals surface area contributed by atoms with Crippen LogP contribution in [-0.2, 0) is 23.3 Å². The minimum atomic E-state index is -1.20. The lowest BCUT2D eigenvalue weighted by Crippen LogP contribution is -2.27. The van der Waals surface area contributed by atoms with Crippen molar-refractivity contribution in [1.29, 1.82) is 0 Å². The van der Waals surface area contributed by atoms with E-state index < -0.39 is 19.8 Å². The summed E-state index contributed by atoms with van der Waals surface area (Å²) in [5, 5.41) is 11.0. The Morgan fingerprint density at radius 2 is 1.87 bits per heavy atom. The number of ether oxygens (including phenoxy) is 3. The van der Waals surface area contributed by atoms with Crippen LogP contribution in [0, 0.1) is 0 Å². The second-order valence-corrected chi connectivity index (χ2v) is 17.1. The molecule has 1 amide bonds. The van der Waals surface area contributed by atoms with Crippen molar-refractivity contribution in [2.45, 2.75) is 58.8 Å². The van der Waals surface area contributed by atoms with Gasteiger partial charge < -0.3 is 24.1 Å². The van der Waals surface area contributed by atoms with E-state index in [9.17, 15) is 4.79 Å². The van der Waals surface area contributed by atoms with E-state index in [0.717, 1.165) is 11.4 Å². The van der Waals surface area contributed by atoms with Crippen molar-refractivity contribution in [2.24, 2.45) is 7.05 Å². The molecule has 0 aliphatic rings. The van der Waals surface area contributed by atoms with E-state index in [1.54, 1.807) is 28.9 Å². The average Bonchev–Trinajstić information content (AvgIpc) is 3.41. The molecule has 0 atom stereocenters. The third-order valence-corrected chi connectivity index (χ3v) is 7.16. The molecule has 0 unspecified atom stereocenters. The molecule has 4 rings (SSSR count). The van der Waals surface area contributed by atoms with E-state index in [4.69, 9.17) is 19.2 Å². The molecule has 0 aliphatic carbocycles. The second kappa shape index (κ2) is 11.5. The fraction of sp³-hybridized carbons (Fsp3) is 0.407. The topological polar surface area (TPSA) is 117 Å². The molecular weight excluding hydrogens is 514 g/mol. The van der Waals surface area contributed by atoms with E-state index in [2.05, 4.69) is 40.4 Å². The van der Waals surface area contributed by atoms with Crippen LogP contribution < -0.4 is 15.4 Å². The summed E-state index contributed by atoms with van der Waals surface area (Å²) in [6, 6.07) is 11.9. The zero-order chi connectivity index (χ0) is 28.2. The van der Waals surface area contributed by atoms with E-state index >= 15 is 0 Å². The van der Waals surface area contributed by atoms with Crippen molar-refractivity contribution in [1.82, 2.24) is 24.3 Å². The van der Waals surface area contributed by atoms with Crippen molar-refractivity contribution in [2.75, 3.05) is 17.2 Å². The van der Waals surface area contributed by atoms with Gasteiger partial charge in [-0.05, 0) is 45.0 Å². The van der Waals surface area contributed by atoms with Gasteiger partial charge in [0.05, 0.1) is 5.39 Å². The first-order valence-corrected chi connectivity index (χ1v) is 16.5. The highest BCUT2D eigenvalue weighted by molar-refractivity contribution is 6.76. The highest BCUT2D eigenvalue weighted by atomic mass is 28.3. The summed E-state index contributed by atoms with van der Waals surface area (Å²) in [5.74, 6) is 1.79. The number of aryl methyl sites for hydroxylation is 1. The first kappa shape index (κ1) is 28.1. The maximum absolute atomic E-state index is 12.2. The molecule has 0 fully saturated rings. The number of fused-ring (bicyclic) bond motifs is 1. The molecule has 4 aromatic rings. The number of nitrogens with zero attached hydrogens (tertiary/aromatic N) is 5. The molecule has 2 N–H and O–H groups in total. The van der Waals surface area contributed by atoms with Gasteiger partial charge in [0.25, 0.3) is 0 Å². The van der Waals surface area contributed by atoms with E-state index in [1.165, 1.54) is 0 Å². The molecule has 3 aromatic heterocycles. The van der Waals surface area contributed by atoms with Crippen LogP contribution in [0.4, 0.5) is 22.2 Å². The van der Waals surface area contributed by atoms with Gasteiger partial charge in [-0.15, -0.1) is 0 Å². The molecule has 0 spiro atoms. The summed E-state index contributed by atoms with van der Waals surface area (Å²) in [4.78, 5) is 21.6. The number of rotatable bonds is 10. The SMILES string of the molecule is Cn1ccc(Nc2nc(Oc3cccc(NC(=O)OC(C)(C)C)c3)c3ccn(COCC[Si](C)(C)C)c3n2)n1. The lowest BCUT2D eigenvalue weighted by atomic mass is 10.2. The Labute approximate surface area is 229 Å². The monoisotopic (exact) mass is 551 g/mol. The fourth-order valence-electron chi connectivity index (χ4n) is 3.58. The van der Waals surface area contributed by atoms with Crippen molar-refractivity contribution in [3.8, 4) is 11.6 Å². The largest absolute Gasteiger partial charge is 0.444 e. The summed E-state index contributed by atoms with van der Waals surface area (Å²) < 4.78 is 21.2. The summed E-state index contributed by atoms with van der Waals surface area (Å²) in [7, 11) is 0.643. The maximum atomic E-state index is 12.2. The summed E-state index contributed by atoms with van der Waals surface area (Å²) in [6.07, 6.45) is 3.19. The molecular formula is C27H37N7O4Si. The summed E-state index contributed by atoms with van der Waals surface area (Å²) in [6.45, 7) is 13.5. The molecule has 3 heterocycles. The predicted octanol–water partition coefficient (Wildman–Crippen LogP) is 6.36. The number of carbonyl (C=O) groups is 1. The smallest absolute Gasteiger partial charge is 0.412 e. The van der Waals surface area contributed by atoms with Crippen LogP contribution in [0.1, 0.15) is 20.8 Å². The zero-order valence-electron chi connectivity index (χ0n) is 23.6. The standard InChI is InChI=1S/C27H37N7O4Si/c1-27(2,3)38-26(35)28-19-9-8-10-20(17-19)37-24-21-11-14-34(18-36-15-16-39(5,6)7)23(21)30-25(31-24)29-22-12-13-33(4)32-22/h8-14,17H,15-16,18H2,1-7H3,(H,28,35)(H,29,30,31,32). The van der Waals surface area contributed by atoms with Gasteiger partial charge in [0, 0.05) is 51.9 Å². The van der Waals surface area contributed by atoms with Gasteiger partial charge in [0.1, 0.15) is 18.1 Å². The predicted molar refractivity (Wildman–Crippen MR) is 154 cm³/mol. The van der Waals surface area contributed by atoms with E-state index in [1.807, 2.05) is 56.9 Å². The minimum absolute atomic E-state index is 0.335. The van der Waals surface area contributed by atoms with Crippen molar-refractivity contribution in [3.05, 3.63) is 48.8 Å². The van der Waals surface area contributed by atoms with Gasteiger partial charge in [-0.2, -0.15) is 15.1 Å². The van der Waals surface area contributed by atoms with Crippen molar-refractivity contribution < 1.29 is 19.0 Å². The maximum Gasteiger partial charge on any atom is 0.412 e. The summed E-state index contributed by atoms with van der Waals surface area (Å²) in [5.41, 5.74) is 0.592. The molecule has 0 saturated heterocycles. The number of anilines is 3. The number of carbonyl (C=O) groups excluding carboxylic acids is 1. The third kappa shape index (κ3) is 8.29. The van der Waals surface area contributed by atoms with Crippen LogP contribution >= 0.6 is 0 Å². The van der Waals surface area contributed by atoms with Crippen LogP contribution in [-0.4, -0.2) is 50.7 Å². The van der Waals surface area contributed by atoms with E-state index in [-0.39, 0.29) is 0 Å². The van der Waals surface area contributed by atoms with Crippen LogP contribution in [0.3, 0.4) is 0 Å². The number of hydrogen-bond acceptors (Lipinski definition) is 8. The van der Waals surface area contributed by atoms with Crippen LogP contribution in [0.5, 0.6) is 11.6 Å². The molecule has 0 saturated carbocycles. The molecule has 12 heteroatoms. The molecule has 1 aromatic carbocycles. The first-order chi connectivity index (χ1) is 18.3. The Hall–Kier alpha value is -3.90. The number of benzene rings is 1. The Morgan fingerprint density at radius 3 is 2.56 bits per heavy atom. The normalized spacial score (nSPS) is 12.0. The fourth-order valence-corrected chi connectivity index (χ4v) is 4.34. The lowest BCUT2D eigenvalue weighted by molar-refractivity contribution is 0.0636. The van der Waals surface area contributed by atoms with Crippen LogP contribution in [0.25, 0.3) is 11.0 Å². The van der Waals surface area contributed by atoms with Crippen molar-refractivity contribution in [3.63, 3.8) is 0 Å². The van der Waals surface area contributed by atoms with Gasteiger partial charge in [0.15, 0.2) is 11.5 Å². The number of nitrogens with one attached hydrogen (secondary N) is 2. The van der Waals surface area contributed by atoms with Crippen LogP contribution in [0.2, 0.25) is 25.7 Å². The Kier molecular flexibility index (Phi) is 8.26. The van der Waals surface area contributed by atoms with Crippen molar-refractivity contribution >= 4 is 42.7 Å². The lowest BCUT2D eigenvalue weighted by Gasteiger charge is -2.19. The number of amides is 1. The molecule has 39 heavy (non-hydrogen) atoms. The van der Waals surface area contributed by atoms with Gasteiger partial charge >= 0.3 is 6.09 Å². The van der Waals surface area contributed by atoms with Gasteiger partial charge in [-0.1, -0.05) is 25.7 Å². The molecule has 208 valence electrons.